The number of nitrogens with zero attached hydrogens (tertiary/aromatic N) is 3. The van der Waals surface area contributed by atoms with Crippen molar-refractivity contribution in [2.75, 3.05) is 0 Å². The fourth-order valence-corrected chi connectivity index (χ4v) is 2.08. The van der Waals surface area contributed by atoms with E-state index < -0.39 is 6.04 Å². The van der Waals surface area contributed by atoms with E-state index in [0.717, 1.165) is 24.4 Å². The van der Waals surface area contributed by atoms with Crippen LogP contribution in [-0.2, 0) is 13.0 Å². The summed E-state index contributed by atoms with van der Waals surface area (Å²) < 4.78 is 15.7. The molecule has 2 rings (SSSR count). The van der Waals surface area contributed by atoms with Crippen LogP contribution in [0, 0.1) is 12.7 Å². The van der Waals surface area contributed by atoms with Gasteiger partial charge in [0, 0.05) is 24.6 Å². The second-order valence-electron chi connectivity index (χ2n) is 4.73. The third-order valence-electron chi connectivity index (χ3n) is 3.09. The minimum atomic E-state index is -0.402. The summed E-state index contributed by atoms with van der Waals surface area (Å²) in [6, 6.07) is 4.72. The Bertz CT molecular complexity index is 550. The Morgan fingerprint density at radius 3 is 2.89 bits per heavy atom. The van der Waals surface area contributed by atoms with Crippen LogP contribution in [0.3, 0.4) is 0 Å². The molecule has 1 atom stereocenters. The molecule has 0 amide bonds. The van der Waals surface area contributed by atoms with Gasteiger partial charge in [-0.3, -0.25) is 4.68 Å². The standard InChI is InChI=1S/C14H19FN4/c1-3-6-19-14(17-9-18-19)8-13(16)11-5-4-10(2)7-12(11)15/h4-5,7,9,13H,3,6,8,16H2,1-2H3. The fourth-order valence-electron chi connectivity index (χ4n) is 2.08. The summed E-state index contributed by atoms with van der Waals surface area (Å²) in [5, 5.41) is 4.15. The predicted octanol–water partition coefficient (Wildman–Crippen LogP) is 2.38. The molecule has 5 heteroatoms. The van der Waals surface area contributed by atoms with E-state index in [0.29, 0.717) is 12.0 Å². The highest BCUT2D eigenvalue weighted by Crippen LogP contribution is 2.19. The Balaban J connectivity index is 2.16. The van der Waals surface area contributed by atoms with Crippen LogP contribution in [0.1, 0.15) is 36.3 Å². The van der Waals surface area contributed by atoms with Gasteiger partial charge in [-0.05, 0) is 25.0 Å². The lowest BCUT2D eigenvalue weighted by Gasteiger charge is -2.13. The Morgan fingerprint density at radius 1 is 1.42 bits per heavy atom. The molecule has 1 unspecified atom stereocenters. The number of hydrogen-bond acceptors (Lipinski definition) is 3. The van der Waals surface area contributed by atoms with E-state index >= 15 is 0 Å². The van der Waals surface area contributed by atoms with Crippen molar-refractivity contribution in [3.63, 3.8) is 0 Å². The van der Waals surface area contributed by atoms with Gasteiger partial charge in [0.25, 0.3) is 0 Å². The molecule has 0 spiro atoms. The molecule has 0 bridgehead atoms. The van der Waals surface area contributed by atoms with E-state index in [1.807, 2.05) is 17.7 Å². The molecule has 4 nitrogen and oxygen atoms in total. The molecule has 19 heavy (non-hydrogen) atoms. The zero-order chi connectivity index (χ0) is 13.8. The lowest BCUT2D eigenvalue weighted by Crippen LogP contribution is -2.18. The van der Waals surface area contributed by atoms with Crippen molar-refractivity contribution in [2.24, 2.45) is 5.73 Å². The number of rotatable bonds is 5. The van der Waals surface area contributed by atoms with Crippen LogP contribution in [0.15, 0.2) is 24.5 Å². The number of benzene rings is 1. The molecule has 1 aromatic heterocycles. The van der Waals surface area contributed by atoms with Crippen molar-refractivity contribution >= 4 is 0 Å². The topological polar surface area (TPSA) is 56.7 Å². The van der Waals surface area contributed by atoms with E-state index in [4.69, 9.17) is 5.73 Å². The lowest BCUT2D eigenvalue weighted by atomic mass is 10.0. The highest BCUT2D eigenvalue weighted by molar-refractivity contribution is 5.26. The molecule has 0 radical (unpaired) electrons. The van der Waals surface area contributed by atoms with Crippen molar-refractivity contribution in [3.05, 3.63) is 47.3 Å². The second-order valence-corrected chi connectivity index (χ2v) is 4.73. The number of hydrogen-bond donors (Lipinski definition) is 1. The average Bonchev–Trinajstić information content (AvgIpc) is 2.77. The van der Waals surface area contributed by atoms with Crippen LogP contribution >= 0.6 is 0 Å². The number of aromatic nitrogens is 3. The monoisotopic (exact) mass is 262 g/mol. The van der Waals surface area contributed by atoms with Gasteiger partial charge in [-0.25, -0.2) is 9.37 Å². The molecule has 2 N–H and O–H groups in total. The molecule has 0 fully saturated rings. The maximum atomic E-state index is 13.9. The van der Waals surface area contributed by atoms with Crippen molar-refractivity contribution in [1.29, 1.82) is 0 Å². The quantitative estimate of drug-likeness (QED) is 0.900. The maximum absolute atomic E-state index is 13.9. The highest BCUT2D eigenvalue weighted by Gasteiger charge is 2.15. The Hall–Kier alpha value is -1.75. The van der Waals surface area contributed by atoms with Gasteiger partial charge in [-0.15, -0.1) is 0 Å². The van der Waals surface area contributed by atoms with Crippen molar-refractivity contribution in [3.8, 4) is 0 Å². The van der Waals surface area contributed by atoms with Crippen molar-refractivity contribution < 1.29 is 4.39 Å². The number of aryl methyl sites for hydroxylation is 2. The average molecular weight is 262 g/mol. The minimum absolute atomic E-state index is 0.256. The van der Waals surface area contributed by atoms with Gasteiger partial charge in [-0.2, -0.15) is 5.10 Å². The van der Waals surface area contributed by atoms with Crippen LogP contribution in [-0.4, -0.2) is 14.8 Å². The molecule has 0 aliphatic rings. The smallest absolute Gasteiger partial charge is 0.138 e. The Kier molecular flexibility index (Phi) is 4.27. The summed E-state index contributed by atoms with van der Waals surface area (Å²) in [5.74, 6) is 0.545. The first-order valence-electron chi connectivity index (χ1n) is 6.50. The van der Waals surface area contributed by atoms with E-state index in [9.17, 15) is 4.39 Å². The molecular weight excluding hydrogens is 243 g/mol. The van der Waals surface area contributed by atoms with E-state index in [-0.39, 0.29) is 5.82 Å². The van der Waals surface area contributed by atoms with Gasteiger partial charge in [-0.1, -0.05) is 19.1 Å². The largest absolute Gasteiger partial charge is 0.323 e. The molecular formula is C14H19FN4. The van der Waals surface area contributed by atoms with Gasteiger partial charge in [0.15, 0.2) is 0 Å². The predicted molar refractivity (Wildman–Crippen MR) is 72.1 cm³/mol. The highest BCUT2D eigenvalue weighted by atomic mass is 19.1. The first kappa shape index (κ1) is 13.7. The Morgan fingerprint density at radius 2 is 2.21 bits per heavy atom. The van der Waals surface area contributed by atoms with Crippen molar-refractivity contribution in [2.45, 2.75) is 39.3 Å². The third-order valence-corrected chi connectivity index (χ3v) is 3.09. The summed E-state index contributed by atoms with van der Waals surface area (Å²) in [7, 11) is 0. The molecule has 102 valence electrons. The van der Waals surface area contributed by atoms with E-state index in [2.05, 4.69) is 17.0 Å². The number of nitrogens with two attached hydrogens (primary N) is 1. The molecule has 0 saturated heterocycles. The van der Waals surface area contributed by atoms with Crippen LogP contribution < -0.4 is 5.73 Å². The normalized spacial score (nSPS) is 12.6. The van der Waals surface area contributed by atoms with Crippen molar-refractivity contribution in [1.82, 2.24) is 14.8 Å². The summed E-state index contributed by atoms with van der Waals surface area (Å²) in [4.78, 5) is 4.20. The summed E-state index contributed by atoms with van der Waals surface area (Å²) >= 11 is 0. The maximum Gasteiger partial charge on any atom is 0.138 e. The Labute approximate surface area is 112 Å². The second kappa shape index (κ2) is 5.93. The van der Waals surface area contributed by atoms with Gasteiger partial charge in [0.2, 0.25) is 0 Å². The summed E-state index contributed by atoms with van der Waals surface area (Å²) in [6.07, 6.45) is 2.98. The van der Waals surface area contributed by atoms with Crippen LogP contribution in [0.25, 0.3) is 0 Å². The van der Waals surface area contributed by atoms with Gasteiger partial charge < -0.3 is 5.73 Å². The fraction of sp³-hybridized carbons (Fsp3) is 0.429. The molecule has 1 aromatic carbocycles. The van der Waals surface area contributed by atoms with Gasteiger partial charge in [0.1, 0.15) is 18.0 Å². The first-order chi connectivity index (χ1) is 9.11. The van der Waals surface area contributed by atoms with E-state index in [1.54, 1.807) is 6.07 Å². The minimum Gasteiger partial charge on any atom is -0.323 e. The molecule has 1 heterocycles. The molecule has 2 aromatic rings. The van der Waals surface area contributed by atoms with E-state index in [1.165, 1.54) is 12.4 Å². The molecule has 0 saturated carbocycles. The number of halogens is 1. The van der Waals surface area contributed by atoms with Crippen LogP contribution in [0.5, 0.6) is 0 Å². The summed E-state index contributed by atoms with van der Waals surface area (Å²) in [5.41, 5.74) is 7.50. The van der Waals surface area contributed by atoms with Crippen LogP contribution in [0.2, 0.25) is 0 Å². The zero-order valence-electron chi connectivity index (χ0n) is 11.3. The molecule has 0 aliphatic heterocycles. The van der Waals surface area contributed by atoms with Gasteiger partial charge in [0.05, 0.1) is 0 Å². The SMILES string of the molecule is CCCn1ncnc1CC(N)c1ccc(C)cc1F. The van der Waals surface area contributed by atoms with Gasteiger partial charge >= 0.3 is 0 Å². The summed E-state index contributed by atoms with van der Waals surface area (Å²) in [6.45, 7) is 4.74. The molecule has 0 aliphatic carbocycles. The third kappa shape index (κ3) is 3.17. The zero-order valence-corrected chi connectivity index (χ0v) is 11.3. The van der Waals surface area contributed by atoms with Crippen LogP contribution in [0.4, 0.5) is 4.39 Å². The first-order valence-corrected chi connectivity index (χ1v) is 6.50. The lowest BCUT2D eigenvalue weighted by molar-refractivity contribution is 0.532.